The van der Waals surface area contributed by atoms with Crippen molar-refractivity contribution in [1.29, 1.82) is 0 Å². The molecule has 1 N–H and O–H groups in total. The number of nitrogens with one attached hydrogen (secondary N) is 1. The fourth-order valence-corrected chi connectivity index (χ4v) is 2.44. The van der Waals surface area contributed by atoms with Crippen LogP contribution in [0.15, 0.2) is 40.9 Å². The van der Waals surface area contributed by atoms with Gasteiger partial charge in [0.25, 0.3) is 5.91 Å². The molecule has 1 aliphatic heterocycles. The topological polar surface area (TPSA) is 73.9 Å². The number of benzene rings is 2. The smallest absolute Gasteiger partial charge is 0.338 e. The summed E-state index contributed by atoms with van der Waals surface area (Å²) in [5, 5.41) is 3.06. The van der Waals surface area contributed by atoms with Crippen molar-refractivity contribution in [2.45, 2.75) is 0 Å². The molecule has 0 radical (unpaired) electrons. The molecule has 1 amide bonds. The Morgan fingerprint density at radius 2 is 1.96 bits per heavy atom. The van der Waals surface area contributed by atoms with Crippen LogP contribution in [0.4, 0.5) is 5.69 Å². The van der Waals surface area contributed by atoms with Crippen molar-refractivity contribution in [3.8, 4) is 11.5 Å². The fourth-order valence-electron chi connectivity index (χ4n) is 2.01. The zero-order chi connectivity index (χ0) is 17.1. The Bertz CT molecular complexity index is 811. The van der Waals surface area contributed by atoms with Gasteiger partial charge < -0.3 is 19.5 Å². The minimum Gasteiger partial charge on any atom is -0.454 e. The highest BCUT2D eigenvalue weighted by molar-refractivity contribution is 9.10. The number of anilines is 1. The second-order valence-corrected chi connectivity index (χ2v) is 6.08. The molecule has 24 heavy (non-hydrogen) atoms. The van der Waals surface area contributed by atoms with Crippen LogP contribution >= 0.6 is 27.5 Å². The van der Waals surface area contributed by atoms with Crippen LogP contribution in [-0.2, 0) is 9.53 Å². The molecule has 1 aliphatic rings. The predicted molar refractivity (Wildman–Crippen MR) is 90.6 cm³/mol. The van der Waals surface area contributed by atoms with E-state index in [1.165, 1.54) is 6.07 Å². The van der Waals surface area contributed by atoms with E-state index in [1.807, 2.05) is 0 Å². The van der Waals surface area contributed by atoms with E-state index < -0.39 is 18.5 Å². The average molecular weight is 413 g/mol. The third-order valence-electron chi connectivity index (χ3n) is 3.15. The minimum absolute atomic E-state index is 0.117. The summed E-state index contributed by atoms with van der Waals surface area (Å²) in [6.45, 7) is -0.299. The summed E-state index contributed by atoms with van der Waals surface area (Å²) < 4.78 is 16.1. The number of fused-ring (bicyclic) bond motifs is 1. The summed E-state index contributed by atoms with van der Waals surface area (Å²) in [5.41, 5.74) is 0.783. The molecule has 0 fully saturated rings. The van der Waals surface area contributed by atoms with Crippen LogP contribution < -0.4 is 14.8 Å². The Hall–Kier alpha value is -2.25. The first-order valence-corrected chi connectivity index (χ1v) is 8.02. The third kappa shape index (κ3) is 3.80. The summed E-state index contributed by atoms with van der Waals surface area (Å²) in [4.78, 5) is 23.8. The predicted octanol–water partition coefficient (Wildman–Crippen LogP) is 3.63. The van der Waals surface area contributed by atoms with Crippen molar-refractivity contribution in [2.24, 2.45) is 0 Å². The van der Waals surface area contributed by atoms with Crippen LogP contribution in [0, 0.1) is 0 Å². The van der Waals surface area contributed by atoms with Gasteiger partial charge in [0, 0.05) is 10.2 Å². The highest BCUT2D eigenvalue weighted by Crippen LogP contribution is 2.32. The largest absolute Gasteiger partial charge is 0.454 e. The molecule has 6 nitrogen and oxygen atoms in total. The molecule has 0 saturated heterocycles. The van der Waals surface area contributed by atoms with Crippen LogP contribution in [-0.4, -0.2) is 25.3 Å². The molecule has 8 heteroatoms. The van der Waals surface area contributed by atoms with Crippen LogP contribution in [0.1, 0.15) is 10.4 Å². The molecule has 3 rings (SSSR count). The van der Waals surface area contributed by atoms with Gasteiger partial charge in [0.2, 0.25) is 6.79 Å². The summed E-state index contributed by atoms with van der Waals surface area (Å²) in [5.74, 6) is -0.0606. The Labute approximate surface area is 150 Å². The number of hydrogen-bond acceptors (Lipinski definition) is 5. The average Bonchev–Trinajstić information content (AvgIpc) is 3.03. The van der Waals surface area contributed by atoms with Gasteiger partial charge in [-0.3, -0.25) is 4.79 Å². The van der Waals surface area contributed by atoms with Gasteiger partial charge in [0.15, 0.2) is 18.1 Å². The van der Waals surface area contributed by atoms with E-state index in [1.54, 1.807) is 30.3 Å². The van der Waals surface area contributed by atoms with Gasteiger partial charge in [-0.15, -0.1) is 0 Å². The molecule has 2 aromatic rings. The van der Waals surface area contributed by atoms with Gasteiger partial charge in [0.1, 0.15) is 0 Å². The molecule has 0 unspecified atom stereocenters. The maximum Gasteiger partial charge on any atom is 0.338 e. The van der Waals surface area contributed by atoms with Gasteiger partial charge >= 0.3 is 5.97 Å². The molecule has 0 atom stereocenters. The molecule has 1 heterocycles. The SMILES string of the molecule is O=C(COC(=O)c1ccc2c(c1)OCO2)Nc1ccc(Br)c(Cl)c1. The minimum atomic E-state index is -0.628. The molecule has 0 aromatic heterocycles. The zero-order valence-electron chi connectivity index (χ0n) is 12.2. The fraction of sp³-hybridized carbons (Fsp3) is 0.125. The maximum absolute atomic E-state index is 12.0. The molecular weight excluding hydrogens is 402 g/mol. The number of halogens is 2. The molecule has 0 spiro atoms. The third-order valence-corrected chi connectivity index (χ3v) is 4.38. The van der Waals surface area contributed by atoms with Gasteiger partial charge in [-0.25, -0.2) is 4.79 Å². The zero-order valence-corrected chi connectivity index (χ0v) is 14.5. The van der Waals surface area contributed by atoms with Crippen LogP contribution in [0.2, 0.25) is 5.02 Å². The molecule has 0 saturated carbocycles. The first kappa shape index (κ1) is 16.6. The number of carbonyl (C=O) groups is 2. The highest BCUT2D eigenvalue weighted by Gasteiger charge is 2.17. The molecule has 124 valence electrons. The van der Waals surface area contributed by atoms with Crippen LogP contribution in [0.3, 0.4) is 0 Å². The Morgan fingerprint density at radius 1 is 1.17 bits per heavy atom. The van der Waals surface area contributed by atoms with E-state index >= 15 is 0 Å². The number of carbonyl (C=O) groups excluding carboxylic acids is 2. The quantitative estimate of drug-likeness (QED) is 0.776. The second-order valence-electron chi connectivity index (χ2n) is 4.82. The number of hydrogen-bond donors (Lipinski definition) is 1. The van der Waals surface area contributed by atoms with Gasteiger partial charge in [-0.2, -0.15) is 0 Å². The van der Waals surface area contributed by atoms with Crippen LogP contribution in [0.5, 0.6) is 11.5 Å². The Balaban J connectivity index is 1.55. The van der Waals surface area contributed by atoms with Gasteiger partial charge in [-0.05, 0) is 52.3 Å². The van der Waals surface area contributed by atoms with Gasteiger partial charge in [-0.1, -0.05) is 11.6 Å². The van der Waals surface area contributed by atoms with E-state index in [-0.39, 0.29) is 12.4 Å². The van der Waals surface area contributed by atoms with E-state index in [9.17, 15) is 9.59 Å². The number of esters is 1. The summed E-state index contributed by atoms with van der Waals surface area (Å²) in [7, 11) is 0. The lowest BCUT2D eigenvalue weighted by atomic mass is 10.2. The van der Waals surface area contributed by atoms with Crippen molar-refractivity contribution in [2.75, 3.05) is 18.7 Å². The first-order chi connectivity index (χ1) is 11.5. The molecule has 0 aliphatic carbocycles. The van der Waals surface area contributed by atoms with E-state index in [2.05, 4.69) is 21.2 Å². The molecular formula is C16H11BrClNO5. The summed E-state index contributed by atoms with van der Waals surface area (Å²) in [6, 6.07) is 9.63. The lowest BCUT2D eigenvalue weighted by Crippen LogP contribution is -2.20. The van der Waals surface area contributed by atoms with Crippen molar-refractivity contribution in [1.82, 2.24) is 0 Å². The van der Waals surface area contributed by atoms with Crippen LogP contribution in [0.25, 0.3) is 0 Å². The van der Waals surface area contributed by atoms with E-state index in [4.69, 9.17) is 25.8 Å². The number of rotatable bonds is 4. The normalized spacial score (nSPS) is 11.9. The summed E-state index contributed by atoms with van der Waals surface area (Å²) >= 11 is 9.20. The standard InChI is InChI=1S/C16H11BrClNO5/c17-11-3-2-10(6-12(11)18)19-15(20)7-22-16(21)9-1-4-13-14(5-9)24-8-23-13/h1-6H,7-8H2,(H,19,20). The lowest BCUT2D eigenvalue weighted by Gasteiger charge is -2.08. The van der Waals surface area contributed by atoms with Crippen molar-refractivity contribution >= 4 is 45.1 Å². The van der Waals surface area contributed by atoms with Crippen molar-refractivity contribution in [3.63, 3.8) is 0 Å². The monoisotopic (exact) mass is 411 g/mol. The van der Waals surface area contributed by atoms with Crippen molar-refractivity contribution < 1.29 is 23.8 Å². The van der Waals surface area contributed by atoms with E-state index in [0.717, 1.165) is 4.47 Å². The summed E-state index contributed by atoms with van der Waals surface area (Å²) in [6.07, 6.45) is 0. The first-order valence-electron chi connectivity index (χ1n) is 6.84. The van der Waals surface area contributed by atoms with E-state index in [0.29, 0.717) is 22.2 Å². The van der Waals surface area contributed by atoms with Crippen molar-refractivity contribution in [3.05, 3.63) is 51.5 Å². The number of ether oxygens (including phenoxy) is 3. The molecule has 0 bridgehead atoms. The molecule has 2 aromatic carbocycles. The maximum atomic E-state index is 12.0. The lowest BCUT2D eigenvalue weighted by molar-refractivity contribution is -0.119. The van der Waals surface area contributed by atoms with Gasteiger partial charge in [0.05, 0.1) is 10.6 Å². The number of amides is 1. The highest BCUT2D eigenvalue weighted by atomic mass is 79.9. The Kier molecular flexibility index (Phi) is 4.92. The Morgan fingerprint density at radius 3 is 2.75 bits per heavy atom. The second kappa shape index (κ2) is 7.11.